The number of aromatic nitrogens is 4. The molecule has 4 atom stereocenters. The number of nitrogens with one attached hydrogen (secondary N) is 1. The van der Waals surface area contributed by atoms with Gasteiger partial charge in [-0.3, -0.25) is 23.4 Å². The Morgan fingerprint density at radius 1 is 1.48 bits per heavy atom. The van der Waals surface area contributed by atoms with Gasteiger partial charge in [-0.15, -0.1) is 0 Å². The maximum atomic E-state index is 11.8. The minimum atomic E-state index is -4.02. The van der Waals surface area contributed by atoms with Crippen LogP contribution in [0.1, 0.15) is 12.6 Å². The second-order valence-electron chi connectivity index (χ2n) is 5.05. The molecule has 11 nitrogen and oxygen atoms in total. The number of ether oxygens (including phenoxy) is 1. The number of nitrogen functional groups attached to an aromatic ring is 1. The van der Waals surface area contributed by atoms with Crippen LogP contribution >= 0.6 is 7.82 Å². The Kier molecular flexibility index (Phi) is 4.40. The second kappa shape index (κ2) is 5.94. The molecule has 1 unspecified atom stereocenters. The van der Waals surface area contributed by atoms with Crippen LogP contribution < -0.4 is 11.3 Å². The number of nitrogens with two attached hydrogens (primary N) is 1. The van der Waals surface area contributed by atoms with E-state index in [0.29, 0.717) is 6.42 Å². The molecule has 2 aliphatic heterocycles. The predicted molar refractivity (Wildman–Crippen MR) is 77.5 cm³/mol. The number of phosphoric acid groups is 1. The van der Waals surface area contributed by atoms with Gasteiger partial charge >= 0.3 is 7.82 Å². The van der Waals surface area contributed by atoms with Crippen LogP contribution in [0.2, 0.25) is 0 Å². The number of aromatic amines is 1. The molecule has 0 amide bonds. The number of phosphoric ester groups is 1. The molecule has 2 saturated heterocycles. The van der Waals surface area contributed by atoms with Gasteiger partial charge in [0.15, 0.2) is 11.2 Å². The number of H-pyrrole nitrogens is 1. The van der Waals surface area contributed by atoms with Gasteiger partial charge in [0.2, 0.25) is 5.95 Å². The summed E-state index contributed by atoms with van der Waals surface area (Å²) in [4.78, 5) is 31.5. The number of anilines is 1. The molecule has 4 heterocycles. The molecule has 2 fully saturated rings. The number of hydrogen-bond acceptors (Lipinski definition) is 8. The quantitative estimate of drug-likeness (QED) is 0.438. The summed E-state index contributed by atoms with van der Waals surface area (Å²) in [6.07, 6.45) is 0.115. The standard InChI is InChI=1S/C10H12N5O6P.Na/c11-10-13-8-7(9(16)14-10)12-3-15(8)6-1-4-5(20-6)2-19-22(17,18)21-4;/h3-6H,1-2H2,(H,17,18)(H3,11,13,14,16);/t4-,5+,6+;/m0./s1. The molecule has 0 bridgehead atoms. The van der Waals surface area contributed by atoms with E-state index >= 15 is 0 Å². The van der Waals surface area contributed by atoms with Crippen molar-refractivity contribution in [1.29, 1.82) is 0 Å². The van der Waals surface area contributed by atoms with E-state index in [1.165, 1.54) is 6.33 Å². The van der Waals surface area contributed by atoms with Crippen LogP contribution in [-0.4, -0.2) is 72.8 Å². The van der Waals surface area contributed by atoms with E-state index in [1.54, 1.807) is 4.57 Å². The molecule has 119 valence electrons. The zero-order valence-corrected chi connectivity index (χ0v) is 15.0. The van der Waals surface area contributed by atoms with Gasteiger partial charge in [-0.25, -0.2) is 9.55 Å². The molecule has 0 saturated carbocycles. The summed E-state index contributed by atoms with van der Waals surface area (Å²) in [6, 6.07) is 0. The molecule has 13 heteroatoms. The Morgan fingerprint density at radius 2 is 2.26 bits per heavy atom. The van der Waals surface area contributed by atoms with Gasteiger partial charge in [-0.2, -0.15) is 4.98 Å². The van der Waals surface area contributed by atoms with Crippen molar-refractivity contribution >= 4 is 54.5 Å². The number of fused-ring (bicyclic) bond motifs is 2. The van der Waals surface area contributed by atoms with Gasteiger partial charge < -0.3 is 15.4 Å². The number of rotatable bonds is 1. The summed E-state index contributed by atoms with van der Waals surface area (Å²) in [7, 11) is -4.02. The molecule has 0 aromatic carbocycles. The molecule has 2 aromatic rings. The van der Waals surface area contributed by atoms with Crippen molar-refractivity contribution in [2.75, 3.05) is 12.3 Å². The van der Waals surface area contributed by atoms with Crippen LogP contribution in [-0.2, 0) is 18.3 Å². The summed E-state index contributed by atoms with van der Waals surface area (Å²) >= 11 is 0. The molecule has 0 aliphatic carbocycles. The van der Waals surface area contributed by atoms with Crippen LogP contribution in [0.25, 0.3) is 11.2 Å². The maximum Gasteiger partial charge on any atom is 0.472 e. The molecular weight excluding hydrogens is 340 g/mol. The van der Waals surface area contributed by atoms with Gasteiger partial charge in [0.25, 0.3) is 5.56 Å². The molecule has 0 spiro atoms. The average molecular weight is 352 g/mol. The van der Waals surface area contributed by atoms with Crippen LogP contribution in [0.4, 0.5) is 5.95 Å². The van der Waals surface area contributed by atoms with Crippen LogP contribution in [0.3, 0.4) is 0 Å². The van der Waals surface area contributed by atoms with E-state index in [2.05, 4.69) is 15.0 Å². The van der Waals surface area contributed by atoms with Crippen molar-refractivity contribution in [1.82, 2.24) is 19.5 Å². The first-order valence-corrected chi connectivity index (χ1v) is 7.96. The van der Waals surface area contributed by atoms with Crippen LogP contribution in [0.5, 0.6) is 0 Å². The first-order valence-electron chi connectivity index (χ1n) is 6.46. The first-order chi connectivity index (χ1) is 10.4. The van der Waals surface area contributed by atoms with Crippen LogP contribution in [0, 0.1) is 0 Å². The van der Waals surface area contributed by atoms with E-state index in [1.807, 2.05) is 0 Å². The Hall–Kier alpha value is -0.780. The van der Waals surface area contributed by atoms with E-state index in [9.17, 15) is 14.3 Å². The molecule has 23 heavy (non-hydrogen) atoms. The van der Waals surface area contributed by atoms with Gasteiger partial charge in [0.1, 0.15) is 18.4 Å². The molecule has 1 radical (unpaired) electrons. The average Bonchev–Trinajstić information content (AvgIpc) is 3.00. The van der Waals surface area contributed by atoms with Gasteiger partial charge in [-0.05, 0) is 0 Å². The van der Waals surface area contributed by atoms with E-state index in [0.717, 1.165) is 0 Å². The Labute approximate surface area is 151 Å². The first kappa shape index (κ1) is 17.1. The third-order valence-corrected chi connectivity index (χ3v) is 4.62. The molecule has 4 rings (SSSR count). The van der Waals surface area contributed by atoms with Crippen LogP contribution in [0.15, 0.2) is 11.1 Å². The normalized spacial score (nSPS) is 33.3. The largest absolute Gasteiger partial charge is 0.472 e. The van der Waals surface area contributed by atoms with E-state index in [4.69, 9.17) is 19.5 Å². The fourth-order valence-corrected chi connectivity index (χ4v) is 3.62. The second-order valence-corrected chi connectivity index (χ2v) is 6.45. The minimum absolute atomic E-state index is 0. The Bertz CT molecular complexity index is 854. The number of nitrogens with zero attached hydrogens (tertiary/aromatic N) is 3. The van der Waals surface area contributed by atoms with E-state index < -0.39 is 31.8 Å². The van der Waals surface area contributed by atoms with Crippen molar-refractivity contribution in [3.8, 4) is 0 Å². The van der Waals surface area contributed by atoms with Crippen molar-refractivity contribution < 1.29 is 23.2 Å². The van der Waals surface area contributed by atoms with Gasteiger partial charge in [0.05, 0.1) is 12.9 Å². The smallest absolute Gasteiger partial charge is 0.369 e. The number of hydrogen-bond donors (Lipinski definition) is 3. The third kappa shape index (κ3) is 2.99. The molecule has 2 aliphatic rings. The molecular formula is C10H12N5NaO6P. The van der Waals surface area contributed by atoms with Crippen molar-refractivity contribution in [2.45, 2.75) is 24.9 Å². The minimum Gasteiger partial charge on any atom is -0.369 e. The third-order valence-electron chi connectivity index (χ3n) is 3.61. The van der Waals surface area contributed by atoms with Gasteiger partial charge in [-0.1, -0.05) is 0 Å². The summed E-state index contributed by atoms with van der Waals surface area (Å²) in [5.74, 6) is -0.0332. The summed E-state index contributed by atoms with van der Waals surface area (Å²) in [5.41, 5.74) is 5.51. The monoisotopic (exact) mass is 352 g/mol. The summed E-state index contributed by atoms with van der Waals surface area (Å²) < 4.78 is 28.4. The summed E-state index contributed by atoms with van der Waals surface area (Å²) in [5, 5.41) is 0. The predicted octanol–water partition coefficient (Wildman–Crippen LogP) is -0.876. The van der Waals surface area contributed by atoms with E-state index in [-0.39, 0.29) is 53.3 Å². The van der Waals surface area contributed by atoms with Gasteiger partial charge in [0, 0.05) is 36.0 Å². The fourth-order valence-electron chi connectivity index (χ4n) is 2.66. The van der Waals surface area contributed by atoms with Crippen molar-refractivity contribution in [2.24, 2.45) is 0 Å². The number of imidazole rings is 1. The zero-order valence-electron chi connectivity index (χ0n) is 12.1. The Balaban J connectivity index is 0.00000156. The fraction of sp³-hybridized carbons (Fsp3) is 0.500. The SMILES string of the molecule is Nc1nc2c(ncn2[C@H]2C[C@@H]3OP(=O)(O)OC[C@H]3O2)c(=O)[nH]1.[Na]. The molecule has 2 aromatic heterocycles. The molecule has 4 N–H and O–H groups in total. The zero-order chi connectivity index (χ0) is 15.5. The van der Waals surface area contributed by atoms with Crippen molar-refractivity contribution in [3.63, 3.8) is 0 Å². The topological polar surface area (TPSA) is 155 Å². The Morgan fingerprint density at radius 3 is 3.04 bits per heavy atom. The maximum absolute atomic E-state index is 11.8. The summed E-state index contributed by atoms with van der Waals surface area (Å²) in [6.45, 7) is -0.0439. The van der Waals surface area contributed by atoms with Crippen molar-refractivity contribution in [3.05, 3.63) is 16.7 Å².